The van der Waals surface area contributed by atoms with E-state index >= 15 is 0 Å². The minimum atomic E-state index is -4.56. The number of alkyl halides is 3. The van der Waals surface area contributed by atoms with Gasteiger partial charge in [-0.3, -0.25) is 9.59 Å². The van der Waals surface area contributed by atoms with Gasteiger partial charge in [0.2, 0.25) is 5.91 Å². The fraction of sp³-hybridized carbons (Fsp3) is 0.500. The van der Waals surface area contributed by atoms with Crippen LogP contribution < -0.4 is 10.1 Å². The Bertz CT molecular complexity index is 675. The molecule has 0 aliphatic carbocycles. The number of likely N-dealkylation sites (tertiary alicyclic amines) is 1. The number of piperidine rings is 1. The molecule has 2 aliphatic heterocycles. The van der Waals surface area contributed by atoms with Gasteiger partial charge in [-0.05, 0) is 24.6 Å². The van der Waals surface area contributed by atoms with Gasteiger partial charge in [0.25, 0.3) is 5.91 Å². The normalized spacial score (nSPS) is 23.7. The first-order valence-corrected chi connectivity index (χ1v) is 7.63. The van der Waals surface area contributed by atoms with E-state index in [1.807, 2.05) is 0 Å². The molecule has 0 saturated carbocycles. The second-order valence-electron chi connectivity index (χ2n) is 6.13. The number of nitrogens with one attached hydrogen (secondary N) is 1. The van der Waals surface area contributed by atoms with Crippen molar-refractivity contribution >= 4 is 11.8 Å². The van der Waals surface area contributed by atoms with Crippen LogP contribution in [0.3, 0.4) is 0 Å². The summed E-state index contributed by atoms with van der Waals surface area (Å²) < 4.78 is 43.8. The van der Waals surface area contributed by atoms with Crippen LogP contribution in [0.15, 0.2) is 18.2 Å². The van der Waals surface area contributed by atoms with Gasteiger partial charge < -0.3 is 15.0 Å². The lowest BCUT2D eigenvalue weighted by atomic mass is 9.92. The molecule has 1 N–H and O–H groups in total. The van der Waals surface area contributed by atoms with E-state index in [-0.39, 0.29) is 29.2 Å². The summed E-state index contributed by atoms with van der Waals surface area (Å²) in [6, 6.07) is 3.07. The maximum absolute atomic E-state index is 13.0. The predicted molar refractivity (Wildman–Crippen MR) is 78.6 cm³/mol. The van der Waals surface area contributed by atoms with Gasteiger partial charge in [0, 0.05) is 37.0 Å². The first kappa shape index (κ1) is 16.6. The zero-order chi connectivity index (χ0) is 17.5. The number of hydrogen-bond acceptors (Lipinski definition) is 3. The van der Waals surface area contributed by atoms with E-state index in [0.717, 1.165) is 12.1 Å². The number of fused-ring (bicyclic) bond motifs is 1. The molecule has 3 rings (SSSR count). The second kappa shape index (κ2) is 5.99. The van der Waals surface area contributed by atoms with Crippen molar-refractivity contribution in [2.24, 2.45) is 5.92 Å². The summed E-state index contributed by atoms with van der Waals surface area (Å²) >= 11 is 0. The molecular weight excluding hydrogens is 325 g/mol. The average molecular weight is 342 g/mol. The van der Waals surface area contributed by atoms with Gasteiger partial charge in [-0.25, -0.2) is 0 Å². The molecular formula is C16H17F3N2O3. The fourth-order valence-electron chi connectivity index (χ4n) is 3.30. The number of ether oxygens (including phenoxy) is 1. The molecule has 2 atom stereocenters. The van der Waals surface area contributed by atoms with Gasteiger partial charge in [-0.2, -0.15) is 13.2 Å². The molecule has 0 aromatic heterocycles. The molecule has 1 aromatic rings. The fourth-order valence-corrected chi connectivity index (χ4v) is 3.30. The van der Waals surface area contributed by atoms with Crippen LogP contribution in [0.25, 0.3) is 0 Å². The number of rotatable bonds is 2. The highest BCUT2D eigenvalue weighted by Crippen LogP contribution is 2.33. The lowest BCUT2D eigenvalue weighted by Crippen LogP contribution is -2.47. The lowest BCUT2D eigenvalue weighted by molar-refractivity contribution is -0.137. The van der Waals surface area contributed by atoms with Crippen LogP contribution in [0.2, 0.25) is 0 Å². The van der Waals surface area contributed by atoms with E-state index in [1.54, 1.807) is 0 Å². The van der Waals surface area contributed by atoms with E-state index in [4.69, 9.17) is 4.74 Å². The maximum atomic E-state index is 13.0. The third-order valence-corrected chi connectivity index (χ3v) is 4.53. The third-order valence-electron chi connectivity index (χ3n) is 4.53. The number of nitrogens with zero attached hydrogens (tertiary/aromatic N) is 1. The van der Waals surface area contributed by atoms with E-state index < -0.39 is 17.6 Å². The van der Waals surface area contributed by atoms with Crippen LogP contribution >= 0.6 is 0 Å². The van der Waals surface area contributed by atoms with Crippen molar-refractivity contribution in [2.45, 2.75) is 25.1 Å². The Hall–Kier alpha value is -2.25. The molecule has 130 valence electrons. The van der Waals surface area contributed by atoms with Crippen molar-refractivity contribution in [3.63, 3.8) is 0 Å². The van der Waals surface area contributed by atoms with Gasteiger partial charge in [0.1, 0.15) is 5.75 Å². The van der Waals surface area contributed by atoms with Crippen LogP contribution in [0.5, 0.6) is 5.75 Å². The number of methoxy groups -OCH3 is 1. The zero-order valence-electron chi connectivity index (χ0n) is 13.0. The maximum Gasteiger partial charge on any atom is 0.416 e. The van der Waals surface area contributed by atoms with Gasteiger partial charge in [-0.1, -0.05) is 0 Å². The Morgan fingerprint density at radius 1 is 1.33 bits per heavy atom. The van der Waals surface area contributed by atoms with E-state index in [9.17, 15) is 22.8 Å². The minimum absolute atomic E-state index is 0.0132. The smallest absolute Gasteiger partial charge is 0.416 e. The van der Waals surface area contributed by atoms with Crippen LogP contribution in [0.1, 0.15) is 28.8 Å². The number of halogens is 3. The van der Waals surface area contributed by atoms with Gasteiger partial charge in [0.05, 0.1) is 12.7 Å². The zero-order valence-corrected chi connectivity index (χ0v) is 13.0. The van der Waals surface area contributed by atoms with E-state index in [1.165, 1.54) is 18.1 Å². The van der Waals surface area contributed by atoms with Crippen LogP contribution in [0, 0.1) is 5.92 Å². The summed E-state index contributed by atoms with van der Waals surface area (Å²) in [6.45, 7) is 0.764. The molecule has 2 heterocycles. The average Bonchev–Trinajstić information content (AvgIpc) is 2.91. The third kappa shape index (κ3) is 3.18. The molecule has 0 spiro atoms. The Balaban J connectivity index is 1.83. The van der Waals surface area contributed by atoms with Crippen molar-refractivity contribution < 1.29 is 27.5 Å². The summed E-state index contributed by atoms with van der Waals surface area (Å²) in [5.74, 6) is -0.513. The molecule has 24 heavy (non-hydrogen) atoms. The lowest BCUT2D eigenvalue weighted by Gasteiger charge is -2.34. The standard InChI is InChI=1S/C16H17F3N2O3/c1-24-12-5-9(4-11(7-12)16(17,18)19)15(23)21-3-2-13-10(8-21)6-14(22)20-13/h4-5,7,10,13H,2-3,6,8H2,1H3,(H,20,22)/t10-,13+/m1/s1. The molecule has 1 aromatic carbocycles. The molecule has 2 saturated heterocycles. The Labute approximate surface area is 136 Å². The summed E-state index contributed by atoms with van der Waals surface area (Å²) in [5, 5.41) is 2.86. The van der Waals surface area contributed by atoms with Gasteiger partial charge >= 0.3 is 6.18 Å². The van der Waals surface area contributed by atoms with Crippen molar-refractivity contribution in [1.82, 2.24) is 10.2 Å². The van der Waals surface area contributed by atoms with Crippen LogP contribution in [-0.2, 0) is 11.0 Å². The molecule has 5 nitrogen and oxygen atoms in total. The second-order valence-corrected chi connectivity index (χ2v) is 6.13. The van der Waals surface area contributed by atoms with Gasteiger partial charge in [-0.15, -0.1) is 0 Å². The molecule has 2 aliphatic rings. The molecule has 0 bridgehead atoms. The highest BCUT2D eigenvalue weighted by Gasteiger charge is 2.39. The van der Waals surface area contributed by atoms with Crippen molar-refractivity contribution in [3.05, 3.63) is 29.3 Å². The Morgan fingerprint density at radius 3 is 2.75 bits per heavy atom. The Morgan fingerprint density at radius 2 is 2.08 bits per heavy atom. The number of benzene rings is 1. The van der Waals surface area contributed by atoms with Crippen molar-refractivity contribution in [2.75, 3.05) is 20.2 Å². The molecule has 2 amide bonds. The first-order chi connectivity index (χ1) is 11.3. The summed E-state index contributed by atoms with van der Waals surface area (Å²) in [4.78, 5) is 25.6. The summed E-state index contributed by atoms with van der Waals surface area (Å²) in [7, 11) is 1.26. The first-order valence-electron chi connectivity index (χ1n) is 7.63. The van der Waals surface area contributed by atoms with Gasteiger partial charge in [0.15, 0.2) is 0 Å². The number of carbonyl (C=O) groups is 2. The number of amides is 2. The monoisotopic (exact) mass is 342 g/mol. The highest BCUT2D eigenvalue weighted by atomic mass is 19.4. The number of hydrogen-bond donors (Lipinski definition) is 1. The van der Waals surface area contributed by atoms with Crippen molar-refractivity contribution in [3.8, 4) is 5.75 Å². The topological polar surface area (TPSA) is 58.6 Å². The number of carbonyl (C=O) groups excluding carboxylic acids is 2. The Kier molecular flexibility index (Phi) is 4.15. The minimum Gasteiger partial charge on any atom is -0.497 e. The predicted octanol–water partition coefficient (Wildman–Crippen LogP) is 2.06. The molecule has 0 unspecified atom stereocenters. The van der Waals surface area contributed by atoms with E-state index in [0.29, 0.717) is 25.9 Å². The summed E-state index contributed by atoms with van der Waals surface area (Å²) in [5.41, 5.74) is -0.977. The quantitative estimate of drug-likeness (QED) is 0.895. The van der Waals surface area contributed by atoms with E-state index in [2.05, 4.69) is 5.32 Å². The SMILES string of the molecule is COc1cc(C(=O)N2CC[C@@H]3NC(=O)C[C@@H]3C2)cc(C(F)(F)F)c1. The largest absolute Gasteiger partial charge is 0.497 e. The van der Waals surface area contributed by atoms with Crippen LogP contribution in [-0.4, -0.2) is 43.0 Å². The molecule has 8 heteroatoms. The summed E-state index contributed by atoms with van der Waals surface area (Å²) in [6.07, 6.45) is -3.60. The van der Waals surface area contributed by atoms with Crippen LogP contribution in [0.4, 0.5) is 13.2 Å². The van der Waals surface area contributed by atoms with Crippen molar-refractivity contribution in [1.29, 1.82) is 0 Å². The highest BCUT2D eigenvalue weighted by molar-refractivity contribution is 5.95. The molecule has 2 fully saturated rings. The molecule has 0 radical (unpaired) electrons.